The van der Waals surface area contributed by atoms with Gasteiger partial charge in [0.1, 0.15) is 0 Å². The molecule has 1 aromatic heterocycles. The summed E-state index contributed by atoms with van der Waals surface area (Å²) in [6.07, 6.45) is 0. The molecule has 0 atom stereocenters. The molecule has 0 aliphatic carbocycles. The van der Waals surface area contributed by atoms with Gasteiger partial charge in [0.2, 0.25) is 0 Å². The van der Waals surface area contributed by atoms with Gasteiger partial charge < -0.3 is 9.88 Å². The van der Waals surface area contributed by atoms with Crippen molar-refractivity contribution in [2.24, 2.45) is 0 Å². The first-order valence-corrected chi connectivity index (χ1v) is 10.8. The molecule has 6 heteroatoms. The molecule has 0 bridgehead atoms. The van der Waals surface area contributed by atoms with Gasteiger partial charge in [-0.1, -0.05) is 29.8 Å². The Morgan fingerprint density at radius 3 is 2.21 bits per heavy atom. The lowest BCUT2D eigenvalue weighted by molar-refractivity contribution is 0.0956. The molecule has 28 heavy (non-hydrogen) atoms. The predicted molar refractivity (Wildman–Crippen MR) is 111 cm³/mol. The van der Waals surface area contributed by atoms with Crippen LogP contribution in [0.5, 0.6) is 0 Å². The number of hydrogen-bond acceptors (Lipinski definition) is 3. The van der Waals surface area contributed by atoms with Crippen LogP contribution in [0.4, 0.5) is 0 Å². The molecule has 0 saturated carbocycles. The van der Waals surface area contributed by atoms with Crippen LogP contribution in [-0.2, 0) is 9.84 Å². The van der Waals surface area contributed by atoms with E-state index in [9.17, 15) is 13.2 Å². The molecule has 146 valence electrons. The van der Waals surface area contributed by atoms with Crippen molar-refractivity contribution in [1.82, 2.24) is 9.88 Å². The van der Waals surface area contributed by atoms with Crippen molar-refractivity contribution < 1.29 is 13.2 Å². The smallest absolute Gasteiger partial charge is 0.253 e. The van der Waals surface area contributed by atoms with E-state index in [1.54, 1.807) is 30.3 Å². The molecule has 0 spiro atoms. The van der Waals surface area contributed by atoms with Crippen LogP contribution in [0, 0.1) is 20.8 Å². The molecule has 1 N–H and O–H groups in total. The fraction of sp³-hybridized carbons (Fsp3) is 0.227. The van der Waals surface area contributed by atoms with E-state index >= 15 is 0 Å². The maximum Gasteiger partial charge on any atom is 0.253 e. The number of hydrogen-bond donors (Lipinski definition) is 1. The summed E-state index contributed by atoms with van der Waals surface area (Å²) in [7, 11) is -3.43. The molecule has 3 aromatic rings. The van der Waals surface area contributed by atoms with E-state index in [2.05, 4.69) is 5.32 Å². The lowest BCUT2D eigenvalue weighted by Gasteiger charge is -2.15. The summed E-state index contributed by atoms with van der Waals surface area (Å²) in [5.41, 5.74) is 4.34. The SMILES string of the molecule is Cc1ccc(-n2c(C)ccc2C)c(C(=O)NCCS(=O)(=O)c2ccccc2)c1. The third-order valence-corrected chi connectivity index (χ3v) is 6.40. The van der Waals surface area contributed by atoms with Gasteiger partial charge in [-0.3, -0.25) is 4.79 Å². The van der Waals surface area contributed by atoms with Crippen LogP contribution in [0.15, 0.2) is 65.6 Å². The van der Waals surface area contributed by atoms with Gasteiger partial charge in [-0.25, -0.2) is 8.42 Å². The van der Waals surface area contributed by atoms with Crippen molar-refractivity contribution in [1.29, 1.82) is 0 Å². The van der Waals surface area contributed by atoms with Crippen molar-refractivity contribution >= 4 is 15.7 Å². The zero-order chi connectivity index (χ0) is 20.3. The van der Waals surface area contributed by atoms with Crippen molar-refractivity contribution in [2.75, 3.05) is 12.3 Å². The number of rotatable bonds is 6. The predicted octanol–water partition coefficient (Wildman–Crippen LogP) is 3.61. The van der Waals surface area contributed by atoms with Crippen LogP contribution in [-0.4, -0.2) is 31.2 Å². The number of carbonyl (C=O) groups is 1. The van der Waals surface area contributed by atoms with Gasteiger partial charge in [-0.2, -0.15) is 0 Å². The van der Waals surface area contributed by atoms with E-state index in [0.717, 1.165) is 22.6 Å². The molecule has 2 aromatic carbocycles. The minimum absolute atomic E-state index is 0.0487. The zero-order valence-electron chi connectivity index (χ0n) is 16.3. The standard InChI is InChI=1S/C22H24N2O3S/c1-16-9-12-21(24-17(2)10-11-18(24)3)20(15-16)22(25)23-13-14-28(26,27)19-7-5-4-6-8-19/h4-12,15H,13-14H2,1-3H3,(H,23,25). The van der Waals surface area contributed by atoms with Gasteiger partial charge in [-0.05, 0) is 57.2 Å². The lowest BCUT2D eigenvalue weighted by atomic mass is 10.1. The Morgan fingerprint density at radius 1 is 0.929 bits per heavy atom. The topological polar surface area (TPSA) is 68.2 Å². The number of aromatic nitrogens is 1. The first-order valence-electron chi connectivity index (χ1n) is 9.11. The summed E-state index contributed by atoms with van der Waals surface area (Å²) < 4.78 is 26.8. The Morgan fingerprint density at radius 2 is 1.57 bits per heavy atom. The van der Waals surface area contributed by atoms with E-state index in [0.29, 0.717) is 5.56 Å². The van der Waals surface area contributed by atoms with Crippen molar-refractivity contribution in [2.45, 2.75) is 25.7 Å². The number of benzene rings is 2. The van der Waals surface area contributed by atoms with E-state index in [-0.39, 0.29) is 23.1 Å². The van der Waals surface area contributed by atoms with Crippen LogP contribution >= 0.6 is 0 Å². The van der Waals surface area contributed by atoms with Gasteiger partial charge in [0, 0.05) is 17.9 Å². The van der Waals surface area contributed by atoms with E-state index in [1.807, 2.05) is 55.7 Å². The van der Waals surface area contributed by atoms with Gasteiger partial charge in [0.05, 0.1) is 21.9 Å². The molecule has 0 fully saturated rings. The zero-order valence-corrected chi connectivity index (χ0v) is 17.1. The molecule has 0 radical (unpaired) electrons. The third kappa shape index (κ3) is 4.17. The van der Waals surface area contributed by atoms with Crippen LogP contribution in [0.3, 0.4) is 0 Å². The van der Waals surface area contributed by atoms with Crippen LogP contribution in [0.25, 0.3) is 5.69 Å². The molecule has 1 heterocycles. The van der Waals surface area contributed by atoms with Crippen LogP contribution in [0.2, 0.25) is 0 Å². The average molecular weight is 397 g/mol. The normalized spacial score (nSPS) is 11.4. The van der Waals surface area contributed by atoms with Crippen molar-refractivity contribution in [3.05, 3.63) is 83.2 Å². The number of nitrogens with zero attached hydrogens (tertiary/aromatic N) is 1. The van der Waals surface area contributed by atoms with Gasteiger partial charge in [0.25, 0.3) is 5.91 Å². The Kier molecular flexibility index (Phi) is 5.70. The Hall–Kier alpha value is -2.86. The molecule has 3 rings (SSSR count). The number of carbonyl (C=O) groups excluding carboxylic acids is 1. The largest absolute Gasteiger partial charge is 0.351 e. The average Bonchev–Trinajstić information content (AvgIpc) is 3.00. The molecular formula is C22H24N2O3S. The fourth-order valence-electron chi connectivity index (χ4n) is 3.22. The van der Waals surface area contributed by atoms with E-state index in [4.69, 9.17) is 0 Å². The van der Waals surface area contributed by atoms with Gasteiger partial charge >= 0.3 is 0 Å². The quantitative estimate of drug-likeness (QED) is 0.692. The van der Waals surface area contributed by atoms with Gasteiger partial charge in [0.15, 0.2) is 9.84 Å². The Balaban J connectivity index is 1.79. The first-order chi connectivity index (χ1) is 13.3. The molecular weight excluding hydrogens is 372 g/mol. The minimum atomic E-state index is -3.43. The molecule has 0 saturated heterocycles. The minimum Gasteiger partial charge on any atom is -0.351 e. The fourth-order valence-corrected chi connectivity index (χ4v) is 4.39. The molecule has 1 amide bonds. The van der Waals surface area contributed by atoms with Gasteiger partial charge in [-0.15, -0.1) is 0 Å². The molecule has 0 aliphatic heterocycles. The second-order valence-corrected chi connectivity index (χ2v) is 8.97. The lowest BCUT2D eigenvalue weighted by Crippen LogP contribution is -2.30. The molecule has 0 unspecified atom stereocenters. The second kappa shape index (κ2) is 8.02. The van der Waals surface area contributed by atoms with Crippen LogP contribution in [0.1, 0.15) is 27.3 Å². The van der Waals surface area contributed by atoms with Crippen molar-refractivity contribution in [3.8, 4) is 5.69 Å². The summed E-state index contributed by atoms with van der Waals surface area (Å²) in [5, 5.41) is 2.76. The Labute approximate surface area is 165 Å². The molecule has 0 aliphatic rings. The maximum atomic E-state index is 12.8. The molecule has 5 nitrogen and oxygen atoms in total. The highest BCUT2D eigenvalue weighted by atomic mass is 32.2. The third-order valence-electron chi connectivity index (χ3n) is 4.67. The summed E-state index contributed by atoms with van der Waals surface area (Å²) in [6.45, 7) is 5.95. The number of nitrogens with one attached hydrogen (secondary N) is 1. The summed E-state index contributed by atoms with van der Waals surface area (Å²) in [5.74, 6) is -0.430. The first kappa shape index (κ1) is 19.9. The highest BCUT2D eigenvalue weighted by molar-refractivity contribution is 7.91. The Bertz CT molecular complexity index is 1080. The summed E-state index contributed by atoms with van der Waals surface area (Å²) in [6, 6.07) is 18.0. The summed E-state index contributed by atoms with van der Waals surface area (Å²) in [4.78, 5) is 13.1. The number of aryl methyl sites for hydroxylation is 3. The highest BCUT2D eigenvalue weighted by Gasteiger charge is 2.18. The second-order valence-electron chi connectivity index (χ2n) is 6.86. The highest BCUT2D eigenvalue weighted by Crippen LogP contribution is 2.21. The number of sulfone groups is 1. The van der Waals surface area contributed by atoms with E-state index < -0.39 is 9.84 Å². The summed E-state index contributed by atoms with van der Waals surface area (Å²) >= 11 is 0. The number of amides is 1. The monoisotopic (exact) mass is 396 g/mol. The van der Waals surface area contributed by atoms with Crippen molar-refractivity contribution in [3.63, 3.8) is 0 Å². The van der Waals surface area contributed by atoms with Crippen LogP contribution < -0.4 is 5.32 Å². The van der Waals surface area contributed by atoms with E-state index in [1.165, 1.54) is 0 Å². The maximum absolute atomic E-state index is 12.8.